The van der Waals surface area contributed by atoms with Crippen molar-refractivity contribution in [1.29, 1.82) is 0 Å². The molecular formula is C15H8F9IO2. The van der Waals surface area contributed by atoms with Gasteiger partial charge in [-0.2, -0.15) is 35.1 Å². The largest absolute Gasteiger partial charge is 0.457 e. The molecule has 27 heavy (non-hydrogen) atoms. The molecule has 0 amide bonds. The fourth-order valence-electron chi connectivity index (χ4n) is 2.28. The number of rotatable bonds is 4. The first kappa shape index (κ1) is 21.8. The lowest BCUT2D eigenvalue weighted by Gasteiger charge is -2.28. The number of hydrogen-bond donors (Lipinski definition) is 0. The summed E-state index contributed by atoms with van der Waals surface area (Å²) in [4.78, 5) is 11.6. The first-order chi connectivity index (χ1) is 12.1. The molecule has 0 bridgehead atoms. The Morgan fingerprint density at radius 1 is 0.852 bits per heavy atom. The van der Waals surface area contributed by atoms with Crippen LogP contribution in [0.4, 0.5) is 39.5 Å². The number of benzene rings is 1. The van der Waals surface area contributed by atoms with E-state index < -0.39 is 51.6 Å². The lowest BCUT2D eigenvalue weighted by Crippen LogP contribution is -2.53. The van der Waals surface area contributed by atoms with Crippen LogP contribution in [-0.2, 0) is 4.74 Å². The molecule has 1 aliphatic rings. The van der Waals surface area contributed by atoms with Crippen LogP contribution >= 0.6 is 22.6 Å². The standard InChI is InChI=1S/C15H8F9IO2/c16-11(12(17,18)14(21,22)15(23,24)13(11,19)20)6-9(25)7-27-10(26)8-4-2-1-3-5-8/h1-6H,7H2. The molecule has 1 aromatic rings. The summed E-state index contributed by atoms with van der Waals surface area (Å²) in [5.41, 5.74) is -5.74. The maximum atomic E-state index is 14.3. The molecule has 0 aromatic heterocycles. The predicted molar refractivity (Wildman–Crippen MR) is 82.5 cm³/mol. The molecule has 1 aliphatic carbocycles. The van der Waals surface area contributed by atoms with Gasteiger partial charge in [-0.05, 0) is 40.8 Å². The van der Waals surface area contributed by atoms with Crippen molar-refractivity contribution in [2.75, 3.05) is 6.61 Å². The van der Waals surface area contributed by atoms with Gasteiger partial charge in [0.05, 0.1) is 5.56 Å². The quantitative estimate of drug-likeness (QED) is 0.302. The summed E-state index contributed by atoms with van der Waals surface area (Å²) in [6.45, 7) is -1.08. The van der Waals surface area contributed by atoms with Crippen LogP contribution in [0.5, 0.6) is 0 Å². The van der Waals surface area contributed by atoms with E-state index in [0.717, 1.165) is 22.6 Å². The fraction of sp³-hybridized carbons (Fsp3) is 0.400. The van der Waals surface area contributed by atoms with Crippen molar-refractivity contribution >= 4 is 28.6 Å². The molecule has 0 heterocycles. The first-order valence-electron chi connectivity index (χ1n) is 6.93. The van der Waals surface area contributed by atoms with Gasteiger partial charge < -0.3 is 4.74 Å². The molecule has 0 saturated heterocycles. The molecule has 1 aromatic carbocycles. The Hall–Kier alpha value is -1.47. The molecule has 2 rings (SSSR count). The normalized spacial score (nSPS) is 24.4. The molecule has 0 aliphatic heterocycles. The van der Waals surface area contributed by atoms with Crippen LogP contribution in [0.3, 0.4) is 0 Å². The number of alkyl halides is 9. The summed E-state index contributed by atoms with van der Waals surface area (Å²) in [5.74, 6) is -27.2. The average Bonchev–Trinajstić information content (AvgIpc) is 2.63. The van der Waals surface area contributed by atoms with Crippen LogP contribution in [0.15, 0.2) is 40.0 Å². The highest BCUT2D eigenvalue weighted by atomic mass is 127. The third-order valence-corrected chi connectivity index (χ3v) is 4.43. The number of halogens is 10. The van der Waals surface area contributed by atoms with E-state index >= 15 is 0 Å². The van der Waals surface area contributed by atoms with Gasteiger partial charge in [0.25, 0.3) is 5.67 Å². The maximum Gasteiger partial charge on any atom is 0.382 e. The minimum atomic E-state index is -6.65. The second-order valence-corrected chi connectivity index (χ2v) is 6.93. The summed E-state index contributed by atoms with van der Waals surface area (Å²) >= 11 is 0.938. The summed E-state index contributed by atoms with van der Waals surface area (Å²) < 4.78 is 125. The highest BCUT2D eigenvalue weighted by Gasteiger charge is 3.00. The Labute approximate surface area is 159 Å². The van der Waals surface area contributed by atoms with Crippen LogP contribution in [0.2, 0.25) is 0 Å². The molecule has 0 unspecified atom stereocenters. The summed E-state index contributed by atoms with van der Waals surface area (Å²) in [5, 5.41) is 0. The van der Waals surface area contributed by atoms with E-state index in [1.165, 1.54) is 30.3 Å². The minimum absolute atomic E-state index is 0.0359. The van der Waals surface area contributed by atoms with Gasteiger partial charge >= 0.3 is 29.7 Å². The van der Waals surface area contributed by atoms with Gasteiger partial charge in [0.1, 0.15) is 6.61 Å². The second kappa shape index (κ2) is 6.55. The highest BCUT2D eigenvalue weighted by Crippen LogP contribution is 2.69. The van der Waals surface area contributed by atoms with Crippen molar-refractivity contribution in [3.63, 3.8) is 0 Å². The van der Waals surface area contributed by atoms with E-state index in [-0.39, 0.29) is 5.56 Å². The smallest absolute Gasteiger partial charge is 0.382 e. The summed E-state index contributed by atoms with van der Waals surface area (Å²) in [6, 6.07) is 6.94. The van der Waals surface area contributed by atoms with Gasteiger partial charge in [-0.1, -0.05) is 18.2 Å². The lowest BCUT2D eigenvalue weighted by molar-refractivity contribution is -0.303. The number of esters is 1. The molecule has 150 valence electrons. The average molecular weight is 518 g/mol. The van der Waals surface area contributed by atoms with Crippen LogP contribution in [-0.4, -0.2) is 41.9 Å². The first-order valence-corrected chi connectivity index (χ1v) is 8.01. The van der Waals surface area contributed by atoms with Gasteiger partial charge in [-0.25, -0.2) is 9.18 Å². The van der Waals surface area contributed by atoms with Gasteiger partial charge in [0.15, 0.2) is 0 Å². The van der Waals surface area contributed by atoms with Crippen LogP contribution < -0.4 is 0 Å². The zero-order valence-corrected chi connectivity index (χ0v) is 14.9. The Kier molecular flexibility index (Phi) is 5.30. The lowest BCUT2D eigenvalue weighted by atomic mass is 9.96. The number of carbonyl (C=O) groups excluding carboxylic acids is 1. The molecule has 0 N–H and O–H groups in total. The number of allylic oxidation sites excluding steroid dienone is 1. The molecule has 0 radical (unpaired) electrons. The van der Waals surface area contributed by atoms with E-state index in [0.29, 0.717) is 0 Å². The zero-order valence-electron chi connectivity index (χ0n) is 12.8. The Balaban J connectivity index is 2.31. The number of carbonyl (C=O) groups is 1. The van der Waals surface area contributed by atoms with Crippen molar-refractivity contribution in [2.45, 2.75) is 29.4 Å². The van der Waals surface area contributed by atoms with Crippen molar-refractivity contribution in [3.05, 3.63) is 45.6 Å². The van der Waals surface area contributed by atoms with Gasteiger partial charge in [-0.15, -0.1) is 0 Å². The highest BCUT2D eigenvalue weighted by molar-refractivity contribution is 14.1. The van der Waals surface area contributed by atoms with E-state index in [1.54, 1.807) is 0 Å². The predicted octanol–water partition coefficient (Wildman–Crippen LogP) is 5.43. The van der Waals surface area contributed by atoms with Gasteiger partial charge in [0.2, 0.25) is 0 Å². The minimum Gasteiger partial charge on any atom is -0.457 e. The summed E-state index contributed by atoms with van der Waals surface area (Å²) in [7, 11) is 0. The SMILES string of the molecule is O=C(OCC(I)=CC1(F)C(F)(F)C(F)(F)C(F)(F)C1(F)F)c1ccccc1. The third kappa shape index (κ3) is 2.90. The van der Waals surface area contributed by atoms with Crippen molar-refractivity contribution in [3.8, 4) is 0 Å². The number of ether oxygens (including phenoxy) is 1. The van der Waals surface area contributed by atoms with Crippen molar-refractivity contribution < 1.29 is 49.0 Å². The van der Waals surface area contributed by atoms with Crippen LogP contribution in [0.25, 0.3) is 0 Å². The zero-order chi connectivity index (χ0) is 20.9. The van der Waals surface area contributed by atoms with Crippen LogP contribution in [0, 0.1) is 0 Å². The van der Waals surface area contributed by atoms with E-state index in [4.69, 9.17) is 0 Å². The Bertz CT molecular complexity index is 736. The van der Waals surface area contributed by atoms with E-state index in [2.05, 4.69) is 4.74 Å². The topological polar surface area (TPSA) is 26.3 Å². The molecule has 0 spiro atoms. The Morgan fingerprint density at radius 3 is 1.74 bits per heavy atom. The number of hydrogen-bond acceptors (Lipinski definition) is 2. The molecule has 1 fully saturated rings. The second-order valence-electron chi connectivity index (χ2n) is 5.54. The fourth-order valence-corrected chi connectivity index (χ4v) is 2.86. The maximum absolute atomic E-state index is 14.3. The van der Waals surface area contributed by atoms with Gasteiger partial charge in [0, 0.05) is 3.58 Å². The molecule has 12 heteroatoms. The monoisotopic (exact) mass is 518 g/mol. The van der Waals surface area contributed by atoms with Gasteiger partial charge in [-0.3, -0.25) is 0 Å². The van der Waals surface area contributed by atoms with Crippen molar-refractivity contribution in [2.24, 2.45) is 0 Å². The summed E-state index contributed by atoms with van der Waals surface area (Å²) in [6.07, 6.45) is -0.763. The Morgan fingerprint density at radius 2 is 1.30 bits per heavy atom. The molecular weight excluding hydrogens is 510 g/mol. The third-order valence-electron chi connectivity index (χ3n) is 3.80. The molecule has 1 saturated carbocycles. The molecule has 2 nitrogen and oxygen atoms in total. The van der Waals surface area contributed by atoms with Crippen molar-refractivity contribution in [1.82, 2.24) is 0 Å². The van der Waals surface area contributed by atoms with E-state index in [9.17, 15) is 44.3 Å². The molecule has 0 atom stereocenters. The van der Waals surface area contributed by atoms with E-state index in [1.807, 2.05) is 0 Å². The van der Waals surface area contributed by atoms with Crippen LogP contribution in [0.1, 0.15) is 10.4 Å².